The van der Waals surface area contributed by atoms with Crippen molar-refractivity contribution in [1.82, 2.24) is 0 Å². The van der Waals surface area contributed by atoms with Crippen molar-refractivity contribution in [2.24, 2.45) is 50.2 Å². The monoisotopic (exact) mass is 888 g/mol. The first-order chi connectivity index (χ1) is 27.2. The Morgan fingerprint density at radius 1 is 0.746 bits per heavy atom. The van der Waals surface area contributed by atoms with Gasteiger partial charge in [0.25, 0.3) is 3.79 Å². The van der Waals surface area contributed by atoms with Crippen LogP contribution in [-0.2, 0) is 57.1 Å². The Morgan fingerprint density at radius 3 is 1.97 bits per heavy atom. The average molecular weight is 890 g/mol. The molecule has 12 nitrogen and oxygen atoms in total. The van der Waals surface area contributed by atoms with E-state index >= 15 is 0 Å². The van der Waals surface area contributed by atoms with Crippen molar-refractivity contribution in [1.29, 1.82) is 0 Å². The fraction of sp³-hybridized carbons (Fsp3) is 0.841. The van der Waals surface area contributed by atoms with E-state index in [0.717, 1.165) is 78.7 Å². The molecule has 1 aliphatic heterocycles. The van der Waals surface area contributed by atoms with Gasteiger partial charge < -0.3 is 33.2 Å². The molecule has 0 amide bonds. The highest BCUT2D eigenvalue weighted by atomic mass is 35.6. The van der Waals surface area contributed by atoms with Gasteiger partial charge in [-0.05, 0) is 116 Å². The van der Waals surface area contributed by atoms with Gasteiger partial charge in [0.15, 0.2) is 30.7 Å². The van der Waals surface area contributed by atoms with Gasteiger partial charge in [0.1, 0.15) is 0 Å². The molecule has 0 bridgehead atoms. The van der Waals surface area contributed by atoms with Gasteiger partial charge in [-0.1, -0.05) is 88.0 Å². The number of hydrogen-bond donors (Lipinski definition) is 0. The maximum atomic E-state index is 13.2. The van der Waals surface area contributed by atoms with Gasteiger partial charge in [-0.25, -0.2) is 9.59 Å². The Kier molecular flexibility index (Phi) is 12.5. The number of fused-ring (bicyclic) bond motifs is 7. The van der Waals surface area contributed by atoms with Crippen molar-refractivity contribution in [3.05, 3.63) is 11.6 Å². The molecule has 4 saturated carbocycles. The zero-order chi connectivity index (χ0) is 43.9. The summed E-state index contributed by atoms with van der Waals surface area (Å²) in [6.07, 6.45) is 3.29. The van der Waals surface area contributed by atoms with Crippen molar-refractivity contribution >= 4 is 64.6 Å². The first-order valence-corrected chi connectivity index (χ1v) is 22.2. The highest BCUT2D eigenvalue weighted by Crippen LogP contribution is 2.76. The minimum Gasteiger partial charge on any atom is -0.469 e. The number of carbonyl (C=O) groups is 5. The van der Waals surface area contributed by atoms with Crippen LogP contribution in [0.3, 0.4) is 0 Å². The molecule has 1 heterocycles. The van der Waals surface area contributed by atoms with Crippen LogP contribution >= 0.6 is 34.8 Å². The number of methoxy groups -OCH3 is 2. The Balaban J connectivity index is 1.32. The van der Waals surface area contributed by atoms with Crippen LogP contribution in [0.5, 0.6) is 0 Å². The quantitative estimate of drug-likeness (QED) is 0.0795. The standard InChI is InChI=1S/C44H63Cl3O12/c1-23(48)55-30-31(56-24(2)49)33(59-37(52)44(45,46)47)35(58-32(30)34(50)53-10)57-29-15-16-41(7)27(38(29,3)4)14-17-43(9)28(41)13-12-25-26-22-40(6,36(51)54-11)19-18-39(26,5)20-21-42(25,43)8/h12,26-33,35H,13-22H2,1-11H3/t26-,27-,28+,29-,30-,31-,32-,33+,35-,39+,40-,41-,42+,43+/m0/s1. The summed E-state index contributed by atoms with van der Waals surface area (Å²) < 4.78 is 37.6. The van der Waals surface area contributed by atoms with E-state index in [-0.39, 0.29) is 33.5 Å². The number of allylic oxidation sites excluding steroid dienone is 2. The minimum absolute atomic E-state index is 0.00617. The molecular formula is C44H63Cl3O12. The number of alkyl halides is 3. The van der Waals surface area contributed by atoms with Crippen LogP contribution < -0.4 is 0 Å². The molecule has 0 aromatic heterocycles. The molecule has 1 saturated heterocycles. The van der Waals surface area contributed by atoms with Crippen LogP contribution in [0.2, 0.25) is 0 Å². The minimum atomic E-state index is -2.54. The van der Waals surface area contributed by atoms with Crippen molar-refractivity contribution in [2.75, 3.05) is 14.2 Å². The van der Waals surface area contributed by atoms with E-state index in [4.69, 9.17) is 68.0 Å². The normalized spacial score (nSPS) is 43.8. The maximum Gasteiger partial charge on any atom is 0.359 e. The molecule has 14 atom stereocenters. The van der Waals surface area contributed by atoms with Gasteiger partial charge in [-0.2, -0.15) is 0 Å². The molecule has 0 aromatic rings. The molecule has 5 fully saturated rings. The molecule has 0 aromatic carbocycles. The lowest BCUT2D eigenvalue weighted by atomic mass is 9.33. The number of carbonyl (C=O) groups excluding carboxylic acids is 5. The van der Waals surface area contributed by atoms with E-state index in [9.17, 15) is 24.0 Å². The van der Waals surface area contributed by atoms with E-state index in [1.54, 1.807) is 0 Å². The second-order valence-electron chi connectivity index (χ2n) is 20.2. The summed E-state index contributed by atoms with van der Waals surface area (Å²) >= 11 is 17.8. The van der Waals surface area contributed by atoms with Crippen LogP contribution in [0.25, 0.3) is 0 Å². The van der Waals surface area contributed by atoms with Crippen LogP contribution in [-0.4, -0.2) is 84.7 Å². The first kappa shape index (κ1) is 46.4. The van der Waals surface area contributed by atoms with Crippen LogP contribution in [0.15, 0.2) is 11.6 Å². The smallest absolute Gasteiger partial charge is 0.359 e. The van der Waals surface area contributed by atoms with Gasteiger partial charge in [0.2, 0.25) is 0 Å². The van der Waals surface area contributed by atoms with Crippen LogP contribution in [0, 0.1) is 50.2 Å². The lowest BCUT2D eigenvalue weighted by Gasteiger charge is -2.71. The molecule has 6 aliphatic rings. The van der Waals surface area contributed by atoms with E-state index in [0.29, 0.717) is 18.3 Å². The number of halogens is 3. The average Bonchev–Trinajstić information content (AvgIpc) is 3.14. The van der Waals surface area contributed by atoms with Crippen molar-refractivity contribution in [2.45, 2.75) is 167 Å². The topological polar surface area (TPSA) is 150 Å². The Morgan fingerprint density at radius 2 is 1.37 bits per heavy atom. The number of esters is 5. The fourth-order valence-corrected chi connectivity index (χ4v) is 13.5. The molecule has 15 heteroatoms. The van der Waals surface area contributed by atoms with E-state index in [2.05, 4.69) is 54.5 Å². The Hall–Kier alpha value is -2.12. The van der Waals surface area contributed by atoms with Gasteiger partial charge >= 0.3 is 29.8 Å². The van der Waals surface area contributed by atoms with Gasteiger partial charge in [-0.3, -0.25) is 14.4 Å². The molecule has 0 N–H and O–H groups in total. The highest BCUT2D eigenvalue weighted by Gasteiger charge is 2.69. The largest absolute Gasteiger partial charge is 0.469 e. The predicted molar refractivity (Wildman–Crippen MR) is 218 cm³/mol. The Labute approximate surface area is 363 Å². The van der Waals surface area contributed by atoms with Gasteiger partial charge in [0.05, 0.1) is 25.7 Å². The summed E-state index contributed by atoms with van der Waals surface area (Å²) in [5.74, 6) is -3.14. The lowest BCUT2D eigenvalue weighted by Crippen LogP contribution is -2.67. The summed E-state index contributed by atoms with van der Waals surface area (Å²) in [5.41, 5.74) is 0.588. The molecule has 0 unspecified atom stereocenters. The number of ether oxygens (including phenoxy) is 7. The second kappa shape index (κ2) is 15.9. The summed E-state index contributed by atoms with van der Waals surface area (Å²) in [7, 11) is 2.63. The maximum absolute atomic E-state index is 13.2. The summed E-state index contributed by atoms with van der Waals surface area (Å²) in [6, 6.07) is 0. The van der Waals surface area contributed by atoms with E-state index in [1.165, 1.54) is 12.7 Å². The van der Waals surface area contributed by atoms with Crippen molar-refractivity contribution in [3.63, 3.8) is 0 Å². The van der Waals surface area contributed by atoms with E-state index < -0.39 is 75.3 Å². The van der Waals surface area contributed by atoms with Crippen molar-refractivity contribution < 1.29 is 57.1 Å². The summed E-state index contributed by atoms with van der Waals surface area (Å²) in [4.78, 5) is 64.3. The third-order valence-corrected chi connectivity index (χ3v) is 17.2. The molecular weight excluding hydrogens is 827 g/mol. The SMILES string of the molecule is COC(=O)[C@H]1O[C@H](O[C@H]2CC[C@]3(C)[C@H]4CC=C5[C@@H]6C[C@@](C)(C(=O)OC)CC[C@]6(C)CC[C@@]5(C)[C@]4(C)CC[C@H]3C2(C)C)[C@H](OC(=O)C(Cl)(Cl)Cl)[C@@H](OC(C)=O)[C@@H]1OC(C)=O. The highest BCUT2D eigenvalue weighted by molar-refractivity contribution is 6.75. The molecule has 332 valence electrons. The molecule has 0 radical (unpaired) electrons. The van der Waals surface area contributed by atoms with Crippen LogP contribution in [0.4, 0.5) is 0 Å². The molecule has 0 spiro atoms. The fourth-order valence-electron chi connectivity index (χ4n) is 13.4. The second-order valence-corrected chi connectivity index (χ2v) is 22.5. The van der Waals surface area contributed by atoms with E-state index in [1.807, 2.05) is 0 Å². The zero-order valence-electron chi connectivity index (χ0n) is 36.4. The number of hydrogen-bond acceptors (Lipinski definition) is 12. The molecule has 5 aliphatic carbocycles. The zero-order valence-corrected chi connectivity index (χ0v) is 38.6. The first-order valence-electron chi connectivity index (χ1n) is 21.0. The summed E-state index contributed by atoms with van der Waals surface area (Å²) in [6.45, 7) is 18.6. The predicted octanol–water partition coefficient (Wildman–Crippen LogP) is 8.39. The van der Waals surface area contributed by atoms with Gasteiger partial charge in [-0.15, -0.1) is 0 Å². The van der Waals surface area contributed by atoms with Gasteiger partial charge in [0, 0.05) is 13.8 Å². The third kappa shape index (κ3) is 7.73. The number of rotatable bonds is 7. The lowest BCUT2D eigenvalue weighted by molar-refractivity contribution is -0.327. The van der Waals surface area contributed by atoms with Crippen LogP contribution in [0.1, 0.15) is 127 Å². The third-order valence-electron chi connectivity index (χ3n) is 16.8. The molecule has 6 rings (SSSR count). The molecule has 59 heavy (non-hydrogen) atoms. The van der Waals surface area contributed by atoms with Crippen molar-refractivity contribution in [3.8, 4) is 0 Å². The Bertz CT molecular complexity index is 1740. The summed E-state index contributed by atoms with van der Waals surface area (Å²) in [5, 5.41) is 0.